The monoisotopic (exact) mass is 236 g/mol. The molecule has 96 valence electrons. The fourth-order valence-electron chi connectivity index (χ4n) is 1.79. The van der Waals surface area contributed by atoms with Crippen LogP contribution in [0.3, 0.4) is 0 Å². The van der Waals surface area contributed by atoms with E-state index < -0.39 is 0 Å². The van der Waals surface area contributed by atoms with E-state index in [9.17, 15) is 0 Å². The highest BCUT2D eigenvalue weighted by atomic mass is 16.3. The maximum absolute atomic E-state index is 9.12. The second kappa shape index (κ2) is 6.72. The molecule has 17 heavy (non-hydrogen) atoms. The largest absolute Gasteiger partial charge is 0.396 e. The van der Waals surface area contributed by atoms with Crippen LogP contribution in [0.15, 0.2) is 24.5 Å². The summed E-state index contributed by atoms with van der Waals surface area (Å²) in [7, 11) is 0. The van der Waals surface area contributed by atoms with Gasteiger partial charge >= 0.3 is 0 Å². The molecular weight excluding hydrogens is 212 g/mol. The van der Waals surface area contributed by atoms with Crippen LogP contribution in [0.2, 0.25) is 0 Å². The Morgan fingerprint density at radius 2 is 2.24 bits per heavy atom. The van der Waals surface area contributed by atoms with Gasteiger partial charge in [-0.05, 0) is 24.0 Å². The van der Waals surface area contributed by atoms with Crippen LogP contribution in [0, 0.1) is 5.92 Å². The van der Waals surface area contributed by atoms with Gasteiger partial charge in [0.1, 0.15) is 0 Å². The van der Waals surface area contributed by atoms with E-state index in [0.717, 1.165) is 19.5 Å². The van der Waals surface area contributed by atoms with Crippen molar-refractivity contribution in [2.45, 2.75) is 32.6 Å². The Kier molecular flexibility index (Phi) is 5.59. The van der Waals surface area contributed by atoms with Crippen LogP contribution in [-0.2, 0) is 5.41 Å². The number of aromatic nitrogens is 1. The van der Waals surface area contributed by atoms with Gasteiger partial charge in [0.25, 0.3) is 0 Å². The molecule has 1 aromatic heterocycles. The predicted octanol–water partition coefficient (Wildman–Crippen LogP) is 1.97. The number of nitrogens with one attached hydrogen (secondary N) is 1. The maximum atomic E-state index is 9.12. The number of aliphatic hydroxyl groups is 1. The number of hydrogen-bond donors (Lipinski definition) is 2. The van der Waals surface area contributed by atoms with Gasteiger partial charge in [-0.15, -0.1) is 0 Å². The number of pyridine rings is 1. The first kappa shape index (κ1) is 14.1. The first-order chi connectivity index (χ1) is 8.10. The summed E-state index contributed by atoms with van der Waals surface area (Å²) in [6, 6.07) is 4.08. The summed E-state index contributed by atoms with van der Waals surface area (Å²) in [5, 5.41) is 12.6. The van der Waals surface area contributed by atoms with Gasteiger partial charge in [0.05, 0.1) is 0 Å². The Balaban J connectivity index is 2.45. The molecule has 0 aliphatic carbocycles. The van der Waals surface area contributed by atoms with Crippen LogP contribution in [0.4, 0.5) is 0 Å². The average molecular weight is 236 g/mol. The lowest BCUT2D eigenvalue weighted by Crippen LogP contribution is -2.36. The Morgan fingerprint density at radius 1 is 1.47 bits per heavy atom. The molecule has 2 N–H and O–H groups in total. The zero-order valence-corrected chi connectivity index (χ0v) is 11.1. The summed E-state index contributed by atoms with van der Waals surface area (Å²) < 4.78 is 0. The van der Waals surface area contributed by atoms with E-state index in [4.69, 9.17) is 5.11 Å². The first-order valence-corrected chi connectivity index (χ1v) is 6.32. The van der Waals surface area contributed by atoms with Gasteiger partial charge in [-0.1, -0.05) is 26.8 Å². The summed E-state index contributed by atoms with van der Waals surface area (Å²) in [4.78, 5) is 4.16. The van der Waals surface area contributed by atoms with Crippen molar-refractivity contribution in [3.63, 3.8) is 0 Å². The molecule has 0 spiro atoms. The summed E-state index contributed by atoms with van der Waals surface area (Å²) in [5.41, 5.74) is 1.31. The Morgan fingerprint density at radius 3 is 2.76 bits per heavy atom. The first-order valence-electron chi connectivity index (χ1n) is 6.32. The molecule has 1 unspecified atom stereocenters. The highest BCUT2D eigenvalue weighted by Crippen LogP contribution is 2.20. The van der Waals surface area contributed by atoms with E-state index in [-0.39, 0.29) is 12.0 Å². The molecule has 1 atom stereocenters. The van der Waals surface area contributed by atoms with Crippen molar-refractivity contribution >= 4 is 0 Å². The third-order valence-electron chi connectivity index (χ3n) is 3.28. The highest BCUT2D eigenvalue weighted by Gasteiger charge is 2.20. The molecule has 0 saturated carbocycles. The smallest absolute Gasteiger partial charge is 0.0471 e. The van der Waals surface area contributed by atoms with E-state index in [2.05, 4.69) is 37.1 Å². The maximum Gasteiger partial charge on any atom is 0.0471 e. The van der Waals surface area contributed by atoms with Crippen molar-refractivity contribution in [1.82, 2.24) is 10.3 Å². The Bertz CT molecular complexity index is 307. The topological polar surface area (TPSA) is 45.1 Å². The molecule has 0 amide bonds. The number of nitrogens with zero attached hydrogens (tertiary/aromatic N) is 1. The van der Waals surface area contributed by atoms with Crippen LogP contribution < -0.4 is 5.32 Å². The van der Waals surface area contributed by atoms with Gasteiger partial charge in [-0.3, -0.25) is 4.98 Å². The Hall–Kier alpha value is -0.930. The molecule has 0 saturated heterocycles. The molecule has 0 bridgehead atoms. The third kappa shape index (κ3) is 4.44. The molecule has 0 fully saturated rings. The van der Waals surface area contributed by atoms with Gasteiger partial charge in [-0.2, -0.15) is 0 Å². The molecule has 1 heterocycles. The lowest BCUT2D eigenvalue weighted by molar-refractivity contribution is 0.216. The fraction of sp³-hybridized carbons (Fsp3) is 0.643. The van der Waals surface area contributed by atoms with Crippen LogP contribution in [0.25, 0.3) is 0 Å². The normalized spacial score (nSPS) is 13.6. The van der Waals surface area contributed by atoms with Crippen LogP contribution in [-0.4, -0.2) is 29.8 Å². The van der Waals surface area contributed by atoms with Gasteiger partial charge in [-0.25, -0.2) is 0 Å². The minimum Gasteiger partial charge on any atom is -0.396 e. The van der Waals surface area contributed by atoms with Gasteiger partial charge in [0, 0.05) is 37.5 Å². The zero-order valence-electron chi connectivity index (χ0n) is 11.1. The second-order valence-electron chi connectivity index (χ2n) is 5.21. The minimum absolute atomic E-state index is 0.0714. The van der Waals surface area contributed by atoms with Crippen LogP contribution in [0.5, 0.6) is 0 Å². The molecule has 3 nitrogen and oxygen atoms in total. The second-order valence-corrected chi connectivity index (χ2v) is 5.21. The van der Waals surface area contributed by atoms with Crippen LogP contribution in [0.1, 0.15) is 32.8 Å². The van der Waals surface area contributed by atoms with Crippen molar-refractivity contribution in [3.8, 4) is 0 Å². The lowest BCUT2D eigenvalue weighted by Gasteiger charge is -2.26. The fourth-order valence-corrected chi connectivity index (χ4v) is 1.79. The quantitative estimate of drug-likeness (QED) is 0.761. The molecule has 0 aliphatic heterocycles. The van der Waals surface area contributed by atoms with E-state index in [1.165, 1.54) is 5.56 Å². The number of hydrogen-bond acceptors (Lipinski definition) is 3. The van der Waals surface area contributed by atoms with E-state index in [1.54, 1.807) is 6.20 Å². The Labute approximate surface area is 104 Å². The van der Waals surface area contributed by atoms with Crippen LogP contribution >= 0.6 is 0 Å². The summed E-state index contributed by atoms with van der Waals surface area (Å²) in [6.45, 7) is 8.55. The van der Waals surface area contributed by atoms with Gasteiger partial charge < -0.3 is 10.4 Å². The predicted molar refractivity (Wildman–Crippen MR) is 71.0 cm³/mol. The standard InChI is InChI=1S/C14H24N2O/c1-4-12(10-17)8-16-11-14(2,3)13-6-5-7-15-9-13/h5-7,9,12,16-17H,4,8,10-11H2,1-3H3. The molecule has 0 radical (unpaired) electrons. The average Bonchev–Trinajstić information content (AvgIpc) is 2.36. The number of rotatable bonds is 7. The number of aliphatic hydroxyl groups excluding tert-OH is 1. The van der Waals surface area contributed by atoms with Crippen molar-refractivity contribution in [1.29, 1.82) is 0 Å². The molecule has 1 rings (SSSR count). The molecule has 0 aromatic carbocycles. The highest BCUT2D eigenvalue weighted by molar-refractivity contribution is 5.19. The molecular formula is C14H24N2O. The third-order valence-corrected chi connectivity index (χ3v) is 3.28. The summed E-state index contributed by atoms with van der Waals surface area (Å²) >= 11 is 0. The summed E-state index contributed by atoms with van der Waals surface area (Å²) in [6.07, 6.45) is 4.73. The van der Waals surface area contributed by atoms with E-state index in [0.29, 0.717) is 5.92 Å². The minimum atomic E-state index is 0.0714. The van der Waals surface area contributed by atoms with E-state index in [1.807, 2.05) is 12.3 Å². The van der Waals surface area contributed by atoms with Gasteiger partial charge in [0.2, 0.25) is 0 Å². The zero-order chi connectivity index (χ0) is 12.7. The van der Waals surface area contributed by atoms with Crippen molar-refractivity contribution in [2.24, 2.45) is 5.92 Å². The summed E-state index contributed by atoms with van der Waals surface area (Å²) in [5.74, 6) is 0.361. The van der Waals surface area contributed by atoms with Crippen molar-refractivity contribution in [3.05, 3.63) is 30.1 Å². The van der Waals surface area contributed by atoms with Crippen molar-refractivity contribution < 1.29 is 5.11 Å². The molecule has 1 aromatic rings. The lowest BCUT2D eigenvalue weighted by atomic mass is 9.85. The molecule has 3 heteroatoms. The SMILES string of the molecule is CCC(CO)CNCC(C)(C)c1cccnc1. The van der Waals surface area contributed by atoms with E-state index >= 15 is 0 Å². The molecule has 0 aliphatic rings. The van der Waals surface area contributed by atoms with Gasteiger partial charge in [0.15, 0.2) is 0 Å². The van der Waals surface area contributed by atoms with Crippen molar-refractivity contribution in [2.75, 3.05) is 19.7 Å².